The first-order valence-corrected chi connectivity index (χ1v) is 9.76. The van der Waals surface area contributed by atoms with Gasteiger partial charge in [0, 0.05) is 25.7 Å². The summed E-state index contributed by atoms with van der Waals surface area (Å²) < 4.78 is 5.07. The number of hydrogen-bond donors (Lipinski definition) is 3. The summed E-state index contributed by atoms with van der Waals surface area (Å²) >= 11 is 0. The predicted octanol–water partition coefficient (Wildman–Crippen LogP) is 2.72. The molecule has 1 unspecified atom stereocenters. The summed E-state index contributed by atoms with van der Waals surface area (Å²) in [5, 5.41) is 16.6. The van der Waals surface area contributed by atoms with Crippen molar-refractivity contribution in [3.8, 4) is 11.5 Å². The van der Waals surface area contributed by atoms with Gasteiger partial charge in [-0.1, -0.05) is 12.5 Å². The summed E-state index contributed by atoms with van der Waals surface area (Å²) in [5.74, 6) is 1.44. The first-order valence-electron chi connectivity index (χ1n) is 9.76. The van der Waals surface area contributed by atoms with Crippen LogP contribution in [-0.4, -0.2) is 55.3 Å². The van der Waals surface area contributed by atoms with Gasteiger partial charge in [-0.15, -0.1) is 0 Å². The average molecular weight is 363 g/mol. The molecule has 0 aromatic heterocycles. The zero-order valence-corrected chi connectivity index (χ0v) is 16.4. The number of nitrogens with zero attached hydrogens (tertiary/aromatic N) is 2. The molecule has 0 radical (unpaired) electrons. The van der Waals surface area contributed by atoms with Crippen molar-refractivity contribution in [2.24, 2.45) is 4.99 Å². The summed E-state index contributed by atoms with van der Waals surface area (Å²) in [7, 11) is 1.55. The van der Waals surface area contributed by atoms with Crippen LogP contribution in [0.15, 0.2) is 23.2 Å². The van der Waals surface area contributed by atoms with Gasteiger partial charge in [-0.25, -0.2) is 4.99 Å². The van der Waals surface area contributed by atoms with Crippen LogP contribution in [0.3, 0.4) is 0 Å². The van der Waals surface area contributed by atoms with Crippen molar-refractivity contribution in [3.05, 3.63) is 23.8 Å². The predicted molar refractivity (Wildman–Crippen MR) is 107 cm³/mol. The zero-order chi connectivity index (χ0) is 18.8. The van der Waals surface area contributed by atoms with E-state index in [1.807, 2.05) is 6.07 Å². The van der Waals surface area contributed by atoms with Crippen LogP contribution in [0.2, 0.25) is 0 Å². The summed E-state index contributed by atoms with van der Waals surface area (Å²) in [6, 6.07) is 6.10. The number of likely N-dealkylation sites (tertiary alicyclic amines) is 1. The number of rotatable bonds is 8. The van der Waals surface area contributed by atoms with Gasteiger partial charge in [0.05, 0.1) is 13.7 Å². The molecule has 0 saturated carbocycles. The van der Waals surface area contributed by atoms with E-state index in [0.29, 0.717) is 18.3 Å². The van der Waals surface area contributed by atoms with Crippen LogP contribution in [0.4, 0.5) is 0 Å². The fourth-order valence-corrected chi connectivity index (χ4v) is 3.32. The molecule has 146 valence electrons. The molecule has 2 rings (SSSR count). The second-order valence-electron chi connectivity index (χ2n) is 6.86. The highest BCUT2D eigenvalue weighted by atomic mass is 16.5. The van der Waals surface area contributed by atoms with Crippen LogP contribution in [0.25, 0.3) is 0 Å². The zero-order valence-electron chi connectivity index (χ0n) is 16.4. The summed E-state index contributed by atoms with van der Waals surface area (Å²) in [4.78, 5) is 7.20. The number of hydrogen-bond acceptors (Lipinski definition) is 4. The highest BCUT2D eigenvalue weighted by Crippen LogP contribution is 2.26. The molecular formula is C20H34N4O2. The molecule has 0 aliphatic carbocycles. The minimum Gasteiger partial charge on any atom is -0.504 e. The third-order valence-corrected chi connectivity index (χ3v) is 4.86. The lowest BCUT2D eigenvalue weighted by Crippen LogP contribution is -2.41. The Balaban J connectivity index is 1.79. The van der Waals surface area contributed by atoms with Crippen LogP contribution in [-0.2, 0) is 6.54 Å². The first-order chi connectivity index (χ1) is 12.6. The second kappa shape index (κ2) is 10.9. The Hall–Kier alpha value is -1.95. The molecule has 6 heteroatoms. The molecular weight excluding hydrogens is 328 g/mol. The molecule has 0 spiro atoms. The van der Waals surface area contributed by atoms with Crippen molar-refractivity contribution in [2.45, 2.75) is 52.1 Å². The normalized spacial score (nSPS) is 18.6. The van der Waals surface area contributed by atoms with E-state index in [2.05, 4.69) is 34.4 Å². The molecule has 0 amide bonds. The van der Waals surface area contributed by atoms with Gasteiger partial charge in [0.2, 0.25) is 0 Å². The number of methoxy groups -OCH3 is 1. The van der Waals surface area contributed by atoms with Gasteiger partial charge in [-0.3, -0.25) is 0 Å². The smallest absolute Gasteiger partial charge is 0.191 e. The average Bonchev–Trinajstić information content (AvgIpc) is 2.64. The lowest BCUT2D eigenvalue weighted by atomic mass is 10.0. The van der Waals surface area contributed by atoms with Gasteiger partial charge in [-0.2, -0.15) is 0 Å². The largest absolute Gasteiger partial charge is 0.504 e. The number of phenols is 1. The number of ether oxygens (including phenoxy) is 1. The van der Waals surface area contributed by atoms with Crippen molar-refractivity contribution in [1.29, 1.82) is 0 Å². The van der Waals surface area contributed by atoms with E-state index < -0.39 is 0 Å². The minimum atomic E-state index is 0.147. The number of phenolic OH excluding ortho intramolecular Hbond substituents is 1. The van der Waals surface area contributed by atoms with Gasteiger partial charge in [0.25, 0.3) is 0 Å². The molecule has 1 saturated heterocycles. The number of guanidine groups is 1. The molecule has 26 heavy (non-hydrogen) atoms. The van der Waals surface area contributed by atoms with Crippen molar-refractivity contribution in [2.75, 3.05) is 33.3 Å². The Morgan fingerprint density at radius 2 is 2.19 bits per heavy atom. The van der Waals surface area contributed by atoms with Crippen LogP contribution in [0.5, 0.6) is 11.5 Å². The number of piperidine rings is 1. The van der Waals surface area contributed by atoms with E-state index in [1.54, 1.807) is 19.2 Å². The summed E-state index contributed by atoms with van der Waals surface area (Å²) in [5.41, 5.74) is 0.947. The van der Waals surface area contributed by atoms with E-state index in [9.17, 15) is 5.11 Å². The van der Waals surface area contributed by atoms with Gasteiger partial charge >= 0.3 is 0 Å². The Kier molecular flexibility index (Phi) is 8.54. The molecule has 1 aliphatic rings. The standard InChI is InChI=1S/C20H34N4O2/c1-4-21-20(22-11-7-13-24-12-6-5-8-16(24)2)23-15-17-9-10-19(26-3)18(25)14-17/h9-10,14,16,25H,4-8,11-13,15H2,1-3H3,(H2,21,22,23). The van der Waals surface area contributed by atoms with Crippen molar-refractivity contribution < 1.29 is 9.84 Å². The van der Waals surface area contributed by atoms with Gasteiger partial charge in [0.1, 0.15) is 0 Å². The fourth-order valence-electron chi connectivity index (χ4n) is 3.32. The first kappa shape index (κ1) is 20.4. The van der Waals surface area contributed by atoms with Crippen molar-refractivity contribution in [1.82, 2.24) is 15.5 Å². The van der Waals surface area contributed by atoms with Crippen LogP contribution in [0, 0.1) is 0 Å². The number of benzene rings is 1. The summed E-state index contributed by atoms with van der Waals surface area (Å²) in [6.07, 6.45) is 5.13. The van der Waals surface area contributed by atoms with Gasteiger partial charge < -0.3 is 25.4 Å². The van der Waals surface area contributed by atoms with Gasteiger partial charge in [-0.05, 0) is 57.4 Å². The molecule has 1 heterocycles. The van der Waals surface area contributed by atoms with E-state index in [0.717, 1.165) is 37.6 Å². The Bertz CT molecular complexity index is 577. The SMILES string of the molecule is CCNC(=NCc1ccc(OC)c(O)c1)NCCCN1CCCCC1C. The summed E-state index contributed by atoms with van der Waals surface area (Å²) in [6.45, 7) is 9.01. The third-order valence-electron chi connectivity index (χ3n) is 4.86. The number of aliphatic imine (C=N–C) groups is 1. The minimum absolute atomic E-state index is 0.147. The molecule has 1 aromatic rings. The maximum absolute atomic E-state index is 9.87. The Labute approximate surface area is 157 Å². The monoisotopic (exact) mass is 362 g/mol. The Morgan fingerprint density at radius 3 is 2.88 bits per heavy atom. The van der Waals surface area contributed by atoms with Crippen molar-refractivity contribution >= 4 is 5.96 Å². The molecule has 1 atom stereocenters. The van der Waals surface area contributed by atoms with Crippen LogP contribution in [0.1, 0.15) is 45.1 Å². The lowest BCUT2D eigenvalue weighted by molar-refractivity contribution is 0.159. The molecule has 6 nitrogen and oxygen atoms in total. The second-order valence-corrected chi connectivity index (χ2v) is 6.86. The topological polar surface area (TPSA) is 69.1 Å². The maximum atomic E-state index is 9.87. The lowest BCUT2D eigenvalue weighted by Gasteiger charge is -2.33. The number of aromatic hydroxyl groups is 1. The molecule has 1 fully saturated rings. The van der Waals surface area contributed by atoms with Crippen molar-refractivity contribution in [3.63, 3.8) is 0 Å². The van der Waals surface area contributed by atoms with Crippen LogP contribution < -0.4 is 15.4 Å². The molecule has 1 aromatic carbocycles. The van der Waals surface area contributed by atoms with Crippen LogP contribution >= 0.6 is 0 Å². The van der Waals surface area contributed by atoms with Gasteiger partial charge in [0.15, 0.2) is 17.5 Å². The molecule has 3 N–H and O–H groups in total. The Morgan fingerprint density at radius 1 is 1.35 bits per heavy atom. The third kappa shape index (κ3) is 6.41. The number of nitrogens with one attached hydrogen (secondary N) is 2. The fraction of sp³-hybridized carbons (Fsp3) is 0.650. The van der Waals surface area contributed by atoms with E-state index in [1.165, 1.54) is 25.8 Å². The van der Waals surface area contributed by atoms with E-state index in [-0.39, 0.29) is 5.75 Å². The van der Waals surface area contributed by atoms with E-state index >= 15 is 0 Å². The quantitative estimate of drug-likeness (QED) is 0.377. The molecule has 1 aliphatic heterocycles. The maximum Gasteiger partial charge on any atom is 0.191 e. The highest BCUT2D eigenvalue weighted by Gasteiger charge is 2.17. The molecule has 0 bridgehead atoms. The van der Waals surface area contributed by atoms with E-state index in [4.69, 9.17) is 4.74 Å². The highest BCUT2D eigenvalue weighted by molar-refractivity contribution is 5.79.